The second kappa shape index (κ2) is 5.69. The fourth-order valence-corrected chi connectivity index (χ4v) is 2.88. The lowest BCUT2D eigenvalue weighted by atomic mass is 10.1. The molecule has 1 atom stereocenters. The molecule has 3 heteroatoms. The Morgan fingerprint density at radius 3 is 2.79 bits per heavy atom. The summed E-state index contributed by atoms with van der Waals surface area (Å²) in [5, 5.41) is 3.49. The first kappa shape index (κ1) is 12.0. The molecule has 0 aliphatic carbocycles. The van der Waals surface area contributed by atoms with Gasteiger partial charge in [-0.15, -0.1) is 11.3 Å². The quantitative estimate of drug-likeness (QED) is 0.796. The third-order valence-corrected chi connectivity index (χ3v) is 3.66. The minimum atomic E-state index is 0.311. The first-order valence-electron chi connectivity index (χ1n) is 4.79. The normalized spacial score (nSPS) is 12.8. The van der Waals surface area contributed by atoms with Gasteiger partial charge < -0.3 is 5.32 Å². The summed E-state index contributed by atoms with van der Waals surface area (Å²) in [6.07, 6.45) is 1.15. The Hall–Kier alpha value is -0.120. The van der Waals surface area contributed by atoms with E-state index in [-0.39, 0.29) is 0 Å². The van der Waals surface area contributed by atoms with Gasteiger partial charge in [0.2, 0.25) is 0 Å². The summed E-state index contributed by atoms with van der Waals surface area (Å²) >= 11 is 5.25. The van der Waals surface area contributed by atoms with Crippen LogP contribution in [0, 0.1) is 0 Å². The highest BCUT2D eigenvalue weighted by Crippen LogP contribution is 2.30. The number of thiophene rings is 1. The predicted octanol–water partition coefficient (Wildman–Crippen LogP) is 4.13. The Morgan fingerprint density at radius 1 is 1.64 bits per heavy atom. The molecule has 14 heavy (non-hydrogen) atoms. The molecule has 1 aromatic heterocycles. The molecule has 1 rings (SSSR count). The molecule has 1 unspecified atom stereocenters. The Balaban J connectivity index is 2.72. The molecule has 0 radical (unpaired) electrons. The van der Waals surface area contributed by atoms with Gasteiger partial charge >= 0.3 is 0 Å². The molecule has 1 aromatic rings. The summed E-state index contributed by atoms with van der Waals surface area (Å²) in [5.74, 6) is 0. The van der Waals surface area contributed by atoms with Crippen LogP contribution in [0.25, 0.3) is 0 Å². The van der Waals surface area contributed by atoms with E-state index in [0.717, 1.165) is 13.0 Å². The fraction of sp³-hybridized carbons (Fsp3) is 0.455. The van der Waals surface area contributed by atoms with Crippen molar-refractivity contribution in [2.45, 2.75) is 26.3 Å². The van der Waals surface area contributed by atoms with Gasteiger partial charge in [-0.3, -0.25) is 0 Å². The Bertz CT molecular complexity index is 306. The summed E-state index contributed by atoms with van der Waals surface area (Å²) in [4.78, 5) is 1.33. The lowest BCUT2D eigenvalue weighted by molar-refractivity contribution is 0.598. The molecule has 0 aromatic carbocycles. The lowest BCUT2D eigenvalue weighted by Gasteiger charge is -2.16. The molecule has 78 valence electrons. The van der Waals surface area contributed by atoms with Crippen LogP contribution in [0.3, 0.4) is 0 Å². The van der Waals surface area contributed by atoms with Crippen LogP contribution in [-0.2, 0) is 0 Å². The maximum Gasteiger partial charge on any atom is 0.0702 e. The molecule has 1 nitrogen and oxygen atoms in total. The van der Waals surface area contributed by atoms with Gasteiger partial charge in [0, 0.05) is 4.88 Å². The van der Waals surface area contributed by atoms with Gasteiger partial charge in [-0.2, -0.15) is 0 Å². The molecule has 0 bridgehead atoms. The fourth-order valence-electron chi connectivity index (χ4n) is 1.29. The largest absolute Gasteiger partial charge is 0.306 e. The average Bonchev–Trinajstić information content (AvgIpc) is 2.52. The van der Waals surface area contributed by atoms with E-state index >= 15 is 0 Å². The van der Waals surface area contributed by atoms with Gasteiger partial charge in [-0.05, 0) is 48.0 Å². The molecule has 0 amide bonds. The molecule has 0 spiro atoms. The van der Waals surface area contributed by atoms with E-state index in [1.54, 1.807) is 11.3 Å². The highest BCUT2D eigenvalue weighted by molar-refractivity contribution is 9.11. The third-order valence-electron chi connectivity index (χ3n) is 1.97. The van der Waals surface area contributed by atoms with Crippen molar-refractivity contribution in [1.82, 2.24) is 5.32 Å². The molecular formula is C11H16BrNS. The zero-order chi connectivity index (χ0) is 10.6. The summed E-state index contributed by atoms with van der Waals surface area (Å²) in [7, 11) is 0. The molecule has 0 aliphatic rings. The van der Waals surface area contributed by atoms with E-state index in [1.165, 1.54) is 14.2 Å². The number of rotatable bonds is 5. The Labute approximate surface area is 98.4 Å². The molecule has 0 aliphatic heterocycles. The number of hydrogen-bond donors (Lipinski definition) is 1. The highest BCUT2D eigenvalue weighted by Gasteiger charge is 2.12. The monoisotopic (exact) mass is 273 g/mol. The van der Waals surface area contributed by atoms with Crippen LogP contribution in [0.5, 0.6) is 0 Å². The van der Waals surface area contributed by atoms with Crippen LogP contribution in [0.1, 0.15) is 31.2 Å². The maximum absolute atomic E-state index is 4.02. The predicted molar refractivity (Wildman–Crippen MR) is 67.9 cm³/mol. The number of hydrogen-bond acceptors (Lipinski definition) is 2. The van der Waals surface area contributed by atoms with Crippen LogP contribution in [0.4, 0.5) is 0 Å². The van der Waals surface area contributed by atoms with Crippen molar-refractivity contribution in [1.29, 1.82) is 0 Å². The van der Waals surface area contributed by atoms with Crippen LogP contribution in [-0.4, -0.2) is 6.54 Å². The summed E-state index contributed by atoms with van der Waals surface area (Å²) < 4.78 is 1.18. The van der Waals surface area contributed by atoms with Gasteiger partial charge in [-0.25, -0.2) is 0 Å². The van der Waals surface area contributed by atoms with Gasteiger partial charge in [0.25, 0.3) is 0 Å². The van der Waals surface area contributed by atoms with E-state index in [2.05, 4.69) is 53.8 Å². The average molecular weight is 274 g/mol. The smallest absolute Gasteiger partial charge is 0.0702 e. The number of halogens is 1. The van der Waals surface area contributed by atoms with E-state index in [1.807, 2.05) is 0 Å². The van der Waals surface area contributed by atoms with Crippen LogP contribution < -0.4 is 5.32 Å². The summed E-state index contributed by atoms with van der Waals surface area (Å²) in [6.45, 7) is 9.30. The minimum absolute atomic E-state index is 0.311. The second-order valence-electron chi connectivity index (χ2n) is 3.38. The van der Waals surface area contributed by atoms with Gasteiger partial charge in [-0.1, -0.05) is 19.1 Å². The van der Waals surface area contributed by atoms with Crippen molar-refractivity contribution in [3.05, 3.63) is 32.9 Å². The van der Waals surface area contributed by atoms with Gasteiger partial charge in [0.1, 0.15) is 0 Å². The van der Waals surface area contributed by atoms with Crippen LogP contribution >= 0.6 is 27.3 Å². The minimum Gasteiger partial charge on any atom is -0.306 e. The first-order valence-corrected chi connectivity index (χ1v) is 6.40. The molecule has 1 N–H and O–H groups in total. The van der Waals surface area contributed by atoms with E-state index in [0.29, 0.717) is 6.04 Å². The van der Waals surface area contributed by atoms with Gasteiger partial charge in [0.15, 0.2) is 0 Å². The van der Waals surface area contributed by atoms with Crippen molar-refractivity contribution in [3.8, 4) is 0 Å². The summed E-state index contributed by atoms with van der Waals surface area (Å²) in [5.41, 5.74) is 1.17. The van der Waals surface area contributed by atoms with Crippen molar-refractivity contribution in [3.63, 3.8) is 0 Å². The Morgan fingerprint density at radius 2 is 2.36 bits per heavy atom. The van der Waals surface area contributed by atoms with Crippen LogP contribution in [0.2, 0.25) is 0 Å². The standard InChI is InChI=1S/C11H16BrNS/c1-4-7-13-11(8(2)3)9-5-6-10(12)14-9/h5-6,11,13H,2,4,7H2,1,3H3. The molecule has 0 fully saturated rings. The SMILES string of the molecule is C=C(C)C(NCCC)c1ccc(Br)s1. The number of nitrogens with one attached hydrogen (secondary N) is 1. The van der Waals surface area contributed by atoms with Crippen molar-refractivity contribution >= 4 is 27.3 Å². The Kier molecular flexibility index (Phi) is 4.85. The molecule has 1 heterocycles. The molecular weight excluding hydrogens is 258 g/mol. The highest BCUT2D eigenvalue weighted by atomic mass is 79.9. The zero-order valence-corrected chi connectivity index (χ0v) is 11.0. The van der Waals surface area contributed by atoms with Crippen molar-refractivity contribution < 1.29 is 0 Å². The summed E-state index contributed by atoms with van der Waals surface area (Å²) in [6, 6.07) is 4.55. The second-order valence-corrected chi connectivity index (χ2v) is 5.87. The molecule has 0 saturated carbocycles. The van der Waals surface area contributed by atoms with E-state index in [9.17, 15) is 0 Å². The third kappa shape index (κ3) is 3.23. The topological polar surface area (TPSA) is 12.0 Å². The first-order chi connectivity index (χ1) is 6.65. The van der Waals surface area contributed by atoms with Gasteiger partial charge in [0.05, 0.1) is 9.83 Å². The van der Waals surface area contributed by atoms with E-state index in [4.69, 9.17) is 0 Å². The maximum atomic E-state index is 4.02. The molecule has 0 saturated heterocycles. The zero-order valence-electron chi connectivity index (χ0n) is 8.64. The van der Waals surface area contributed by atoms with Crippen LogP contribution in [0.15, 0.2) is 28.1 Å². The van der Waals surface area contributed by atoms with Crippen molar-refractivity contribution in [2.24, 2.45) is 0 Å². The van der Waals surface area contributed by atoms with E-state index < -0.39 is 0 Å². The lowest BCUT2D eigenvalue weighted by Crippen LogP contribution is -2.21. The van der Waals surface area contributed by atoms with Crippen molar-refractivity contribution in [2.75, 3.05) is 6.54 Å².